The van der Waals surface area contributed by atoms with E-state index in [0.29, 0.717) is 10.2 Å². The zero-order valence-electron chi connectivity index (χ0n) is 9.53. The summed E-state index contributed by atoms with van der Waals surface area (Å²) in [6, 6.07) is 3.54. The molecule has 0 radical (unpaired) electrons. The van der Waals surface area contributed by atoms with Crippen molar-refractivity contribution in [1.82, 2.24) is 9.88 Å². The first-order valence-electron chi connectivity index (χ1n) is 5.44. The summed E-state index contributed by atoms with van der Waals surface area (Å²) in [5, 5.41) is 0. The number of amides is 1. The van der Waals surface area contributed by atoms with E-state index in [1.165, 1.54) is 0 Å². The van der Waals surface area contributed by atoms with Gasteiger partial charge in [-0.05, 0) is 54.8 Å². The van der Waals surface area contributed by atoms with Gasteiger partial charge in [0.25, 0.3) is 5.91 Å². The minimum absolute atomic E-state index is 0.0210. The molecule has 1 aliphatic rings. The zero-order valence-corrected chi connectivity index (χ0v) is 11.1. The Morgan fingerprint density at radius 3 is 2.88 bits per heavy atom. The number of likely N-dealkylation sites (tertiary alicyclic amines) is 1. The van der Waals surface area contributed by atoms with Gasteiger partial charge in [-0.25, -0.2) is 4.98 Å². The molecule has 2 heterocycles. The molecule has 0 atom stereocenters. The summed E-state index contributed by atoms with van der Waals surface area (Å²) in [6.07, 6.45) is 3.82. The monoisotopic (exact) mass is 282 g/mol. The van der Waals surface area contributed by atoms with Crippen molar-refractivity contribution in [2.24, 2.45) is 0 Å². The van der Waals surface area contributed by atoms with Gasteiger partial charge in [0, 0.05) is 23.8 Å². The predicted octanol–water partition coefficient (Wildman–Crippen LogP) is 2.86. The largest absolute Gasteiger partial charge is 0.334 e. The van der Waals surface area contributed by atoms with Crippen molar-refractivity contribution in [3.8, 4) is 0 Å². The van der Waals surface area contributed by atoms with E-state index in [1.54, 1.807) is 18.3 Å². The minimum atomic E-state index is -0.0210. The summed E-state index contributed by atoms with van der Waals surface area (Å²) in [7, 11) is 0. The molecule has 1 aromatic heterocycles. The maximum atomic E-state index is 12.3. The molecule has 86 valence electrons. The lowest BCUT2D eigenvalue weighted by Crippen LogP contribution is -2.42. The van der Waals surface area contributed by atoms with Gasteiger partial charge in [0.1, 0.15) is 4.60 Å². The van der Waals surface area contributed by atoms with E-state index < -0.39 is 0 Å². The molecule has 0 unspecified atom stereocenters. The van der Waals surface area contributed by atoms with Crippen LogP contribution >= 0.6 is 15.9 Å². The van der Waals surface area contributed by atoms with Crippen molar-refractivity contribution in [3.63, 3.8) is 0 Å². The smallest absolute Gasteiger partial charge is 0.254 e. The Balaban J connectivity index is 2.26. The number of halogens is 1. The van der Waals surface area contributed by atoms with Crippen LogP contribution in [0.2, 0.25) is 0 Å². The molecular weight excluding hydrogens is 268 g/mol. The maximum Gasteiger partial charge on any atom is 0.254 e. The van der Waals surface area contributed by atoms with Crippen molar-refractivity contribution in [1.29, 1.82) is 0 Å². The van der Waals surface area contributed by atoms with Gasteiger partial charge in [-0.15, -0.1) is 0 Å². The Morgan fingerprint density at radius 2 is 2.31 bits per heavy atom. The highest BCUT2D eigenvalue weighted by Crippen LogP contribution is 2.29. The SMILES string of the molecule is CC1(C)CCCN1C(=O)c1ccnc(Br)c1. The van der Waals surface area contributed by atoms with Crippen LogP contribution in [-0.4, -0.2) is 27.9 Å². The maximum absolute atomic E-state index is 12.3. The first-order chi connectivity index (χ1) is 7.50. The van der Waals surface area contributed by atoms with Gasteiger partial charge in [-0.3, -0.25) is 4.79 Å². The first-order valence-corrected chi connectivity index (χ1v) is 6.23. The summed E-state index contributed by atoms with van der Waals surface area (Å²) in [5.41, 5.74) is 0.684. The molecule has 1 amide bonds. The highest BCUT2D eigenvalue weighted by molar-refractivity contribution is 9.10. The van der Waals surface area contributed by atoms with Gasteiger partial charge in [0.05, 0.1) is 0 Å². The van der Waals surface area contributed by atoms with Gasteiger partial charge < -0.3 is 4.90 Å². The fraction of sp³-hybridized carbons (Fsp3) is 0.500. The average molecular weight is 283 g/mol. The fourth-order valence-corrected chi connectivity index (χ4v) is 2.54. The molecule has 4 heteroatoms. The van der Waals surface area contributed by atoms with E-state index in [0.717, 1.165) is 19.4 Å². The third-order valence-corrected chi connectivity index (χ3v) is 3.55. The Kier molecular flexibility index (Phi) is 3.02. The molecule has 1 saturated heterocycles. The van der Waals surface area contributed by atoms with Gasteiger partial charge in [0.15, 0.2) is 0 Å². The summed E-state index contributed by atoms with van der Waals surface area (Å²) < 4.78 is 0.704. The second-order valence-corrected chi connectivity index (χ2v) is 5.55. The second kappa shape index (κ2) is 4.17. The fourth-order valence-electron chi connectivity index (χ4n) is 2.18. The molecule has 1 aliphatic heterocycles. The minimum Gasteiger partial charge on any atom is -0.334 e. The molecule has 0 bridgehead atoms. The number of nitrogens with zero attached hydrogens (tertiary/aromatic N) is 2. The molecule has 1 fully saturated rings. The number of pyridine rings is 1. The Morgan fingerprint density at radius 1 is 1.56 bits per heavy atom. The van der Waals surface area contributed by atoms with Gasteiger partial charge in [0.2, 0.25) is 0 Å². The number of carbonyl (C=O) groups excluding carboxylic acids is 1. The van der Waals surface area contributed by atoms with E-state index >= 15 is 0 Å². The number of hydrogen-bond acceptors (Lipinski definition) is 2. The summed E-state index contributed by atoms with van der Waals surface area (Å²) in [6.45, 7) is 5.09. The van der Waals surface area contributed by atoms with E-state index in [9.17, 15) is 4.79 Å². The van der Waals surface area contributed by atoms with Crippen LogP contribution in [0.3, 0.4) is 0 Å². The van der Waals surface area contributed by atoms with Crippen molar-refractivity contribution in [3.05, 3.63) is 28.5 Å². The lowest BCUT2D eigenvalue weighted by molar-refractivity contribution is 0.0652. The van der Waals surface area contributed by atoms with Crippen LogP contribution in [0.1, 0.15) is 37.0 Å². The third kappa shape index (κ3) is 2.12. The Bertz CT molecular complexity index is 417. The van der Waals surface area contributed by atoms with Crippen molar-refractivity contribution >= 4 is 21.8 Å². The van der Waals surface area contributed by atoms with Crippen molar-refractivity contribution in [2.45, 2.75) is 32.2 Å². The standard InChI is InChI=1S/C12H15BrN2O/c1-12(2)5-3-7-15(12)11(16)9-4-6-14-10(13)8-9/h4,6,8H,3,5,7H2,1-2H3. The Hall–Kier alpha value is -0.900. The van der Waals surface area contributed by atoms with Crippen molar-refractivity contribution in [2.75, 3.05) is 6.54 Å². The molecule has 0 saturated carbocycles. The summed E-state index contributed by atoms with van der Waals surface area (Å²) >= 11 is 3.29. The highest BCUT2D eigenvalue weighted by atomic mass is 79.9. The lowest BCUT2D eigenvalue weighted by Gasteiger charge is -2.31. The topological polar surface area (TPSA) is 33.2 Å². The van der Waals surface area contributed by atoms with Crippen molar-refractivity contribution < 1.29 is 4.79 Å². The Labute approximate surface area is 104 Å². The van der Waals surface area contributed by atoms with Crippen LogP contribution in [0.5, 0.6) is 0 Å². The molecule has 1 aromatic rings. The number of carbonyl (C=O) groups is 1. The van der Waals surface area contributed by atoms with Gasteiger partial charge in [-0.1, -0.05) is 0 Å². The van der Waals surface area contributed by atoms with Crippen LogP contribution in [0.4, 0.5) is 0 Å². The third-order valence-electron chi connectivity index (χ3n) is 3.12. The lowest BCUT2D eigenvalue weighted by atomic mass is 10.0. The van der Waals surface area contributed by atoms with E-state index in [4.69, 9.17) is 0 Å². The normalized spacial score (nSPS) is 18.8. The van der Waals surface area contributed by atoms with Gasteiger partial charge >= 0.3 is 0 Å². The van der Waals surface area contributed by atoms with E-state index in [-0.39, 0.29) is 11.4 Å². The van der Waals surface area contributed by atoms with E-state index in [2.05, 4.69) is 34.8 Å². The number of rotatable bonds is 1. The number of hydrogen-bond donors (Lipinski definition) is 0. The zero-order chi connectivity index (χ0) is 11.8. The first kappa shape index (κ1) is 11.6. The predicted molar refractivity (Wildman–Crippen MR) is 66.3 cm³/mol. The van der Waals surface area contributed by atoms with E-state index in [1.807, 2.05) is 4.90 Å². The molecule has 16 heavy (non-hydrogen) atoms. The molecule has 3 nitrogen and oxygen atoms in total. The molecule has 2 rings (SSSR count). The van der Waals surface area contributed by atoms with Crippen LogP contribution in [-0.2, 0) is 0 Å². The number of aromatic nitrogens is 1. The molecule has 0 aromatic carbocycles. The van der Waals surface area contributed by atoms with Crippen LogP contribution in [0, 0.1) is 0 Å². The molecule has 0 N–H and O–H groups in total. The summed E-state index contributed by atoms with van der Waals surface area (Å²) in [4.78, 5) is 18.3. The highest BCUT2D eigenvalue weighted by Gasteiger charge is 2.35. The average Bonchev–Trinajstić information content (AvgIpc) is 2.57. The second-order valence-electron chi connectivity index (χ2n) is 4.74. The van der Waals surface area contributed by atoms with Crippen LogP contribution < -0.4 is 0 Å². The van der Waals surface area contributed by atoms with Gasteiger partial charge in [-0.2, -0.15) is 0 Å². The summed E-state index contributed by atoms with van der Waals surface area (Å²) in [5.74, 6) is 0.102. The molecule has 0 aliphatic carbocycles. The quantitative estimate of drug-likeness (QED) is 0.742. The molecule has 0 spiro atoms. The molecular formula is C12H15BrN2O. The van der Waals surface area contributed by atoms with Crippen LogP contribution in [0.15, 0.2) is 22.9 Å². The van der Waals surface area contributed by atoms with Crippen LogP contribution in [0.25, 0.3) is 0 Å².